The zero-order valence-electron chi connectivity index (χ0n) is 13.8. The van der Waals surface area contributed by atoms with Crippen molar-refractivity contribution < 1.29 is 19.2 Å². The molecule has 0 saturated carbocycles. The molecule has 1 amide bonds. The lowest BCUT2D eigenvalue weighted by molar-refractivity contribution is 0.0693. The summed E-state index contributed by atoms with van der Waals surface area (Å²) in [5, 5.41) is 13.9. The van der Waals surface area contributed by atoms with Gasteiger partial charge in [0.25, 0.3) is 5.91 Å². The maximum absolute atomic E-state index is 12.8. The SMILES string of the molecule is CCc1noc([C@H]2C[C@H](O)CN2C(=O)c2ccc(COC)cc2)n1. The lowest BCUT2D eigenvalue weighted by Crippen LogP contribution is -2.32. The molecule has 1 N–H and O–H groups in total. The Kier molecular flexibility index (Phi) is 4.92. The van der Waals surface area contributed by atoms with Crippen LogP contribution in [0.4, 0.5) is 0 Å². The number of aliphatic hydroxyl groups excluding tert-OH is 1. The van der Waals surface area contributed by atoms with Crippen molar-refractivity contribution in [1.82, 2.24) is 15.0 Å². The summed E-state index contributed by atoms with van der Waals surface area (Å²) in [6, 6.07) is 6.87. The second-order valence-corrected chi connectivity index (χ2v) is 5.90. The topological polar surface area (TPSA) is 88.7 Å². The summed E-state index contributed by atoms with van der Waals surface area (Å²) in [5.41, 5.74) is 1.56. The first-order chi connectivity index (χ1) is 11.6. The van der Waals surface area contributed by atoms with Gasteiger partial charge in [0.15, 0.2) is 5.82 Å². The van der Waals surface area contributed by atoms with Crippen LogP contribution >= 0.6 is 0 Å². The number of methoxy groups -OCH3 is 1. The minimum atomic E-state index is -0.594. The quantitative estimate of drug-likeness (QED) is 0.897. The fourth-order valence-corrected chi connectivity index (χ4v) is 2.89. The van der Waals surface area contributed by atoms with Gasteiger partial charge in [0, 0.05) is 32.1 Å². The van der Waals surface area contributed by atoms with Gasteiger partial charge in [-0.25, -0.2) is 0 Å². The van der Waals surface area contributed by atoms with Gasteiger partial charge in [-0.15, -0.1) is 0 Å². The number of aryl methyl sites for hydroxylation is 1. The predicted molar refractivity (Wildman–Crippen MR) is 85.2 cm³/mol. The van der Waals surface area contributed by atoms with E-state index in [4.69, 9.17) is 9.26 Å². The number of likely N-dealkylation sites (tertiary alicyclic amines) is 1. The summed E-state index contributed by atoms with van der Waals surface area (Å²) in [6.45, 7) is 2.69. The van der Waals surface area contributed by atoms with Crippen molar-refractivity contribution in [2.75, 3.05) is 13.7 Å². The highest BCUT2D eigenvalue weighted by molar-refractivity contribution is 5.94. The number of hydrogen-bond donors (Lipinski definition) is 1. The number of aromatic nitrogens is 2. The zero-order valence-corrected chi connectivity index (χ0v) is 13.8. The Morgan fingerprint density at radius 3 is 2.79 bits per heavy atom. The number of ether oxygens (including phenoxy) is 1. The van der Waals surface area contributed by atoms with Crippen molar-refractivity contribution in [3.8, 4) is 0 Å². The Hall–Kier alpha value is -2.25. The molecule has 2 atom stereocenters. The van der Waals surface area contributed by atoms with Gasteiger partial charge in [-0.1, -0.05) is 24.2 Å². The number of rotatable bonds is 5. The molecule has 0 spiro atoms. The number of nitrogens with zero attached hydrogens (tertiary/aromatic N) is 3. The molecule has 24 heavy (non-hydrogen) atoms. The van der Waals surface area contributed by atoms with Crippen LogP contribution in [0.2, 0.25) is 0 Å². The molecule has 0 radical (unpaired) electrons. The molecule has 1 saturated heterocycles. The molecular weight excluding hydrogens is 310 g/mol. The first-order valence-electron chi connectivity index (χ1n) is 8.01. The first-order valence-corrected chi connectivity index (χ1v) is 8.01. The Bertz CT molecular complexity index is 698. The molecule has 7 nitrogen and oxygen atoms in total. The highest BCUT2D eigenvalue weighted by Gasteiger charge is 2.39. The van der Waals surface area contributed by atoms with Crippen LogP contribution < -0.4 is 0 Å². The van der Waals surface area contributed by atoms with Crippen molar-refractivity contribution in [3.05, 3.63) is 47.1 Å². The monoisotopic (exact) mass is 331 g/mol. The van der Waals surface area contributed by atoms with E-state index in [0.717, 1.165) is 5.56 Å². The summed E-state index contributed by atoms with van der Waals surface area (Å²) in [5.74, 6) is 0.826. The summed E-state index contributed by atoms with van der Waals surface area (Å²) < 4.78 is 10.3. The molecule has 128 valence electrons. The fourth-order valence-electron chi connectivity index (χ4n) is 2.89. The van der Waals surface area contributed by atoms with Crippen molar-refractivity contribution in [1.29, 1.82) is 0 Å². The molecule has 1 aromatic heterocycles. The number of aliphatic hydroxyl groups is 1. The molecule has 0 bridgehead atoms. The van der Waals surface area contributed by atoms with Gasteiger partial charge in [-0.2, -0.15) is 4.98 Å². The smallest absolute Gasteiger partial charge is 0.254 e. The third-order valence-corrected chi connectivity index (χ3v) is 4.14. The second kappa shape index (κ2) is 7.11. The molecule has 0 aliphatic carbocycles. The maximum Gasteiger partial charge on any atom is 0.254 e. The molecular formula is C17H21N3O4. The van der Waals surface area contributed by atoms with Crippen molar-refractivity contribution in [2.45, 2.75) is 38.5 Å². The Morgan fingerprint density at radius 2 is 2.17 bits per heavy atom. The Labute approximate surface area is 140 Å². The van der Waals surface area contributed by atoms with Crippen LogP contribution in [0.3, 0.4) is 0 Å². The van der Waals surface area contributed by atoms with E-state index in [2.05, 4.69) is 10.1 Å². The van der Waals surface area contributed by atoms with Crippen molar-refractivity contribution >= 4 is 5.91 Å². The summed E-state index contributed by atoms with van der Waals surface area (Å²) in [7, 11) is 1.63. The number of carbonyl (C=O) groups is 1. The van der Waals surface area contributed by atoms with E-state index in [1.54, 1.807) is 24.1 Å². The highest BCUT2D eigenvalue weighted by atomic mass is 16.5. The Morgan fingerprint density at radius 1 is 1.42 bits per heavy atom. The fraction of sp³-hybridized carbons (Fsp3) is 0.471. The molecule has 2 heterocycles. The van der Waals surface area contributed by atoms with Crippen LogP contribution in [-0.2, 0) is 17.8 Å². The van der Waals surface area contributed by atoms with Crippen LogP contribution in [0.15, 0.2) is 28.8 Å². The van der Waals surface area contributed by atoms with Crippen LogP contribution in [0.1, 0.15) is 47.0 Å². The van der Waals surface area contributed by atoms with Crippen LogP contribution in [0.5, 0.6) is 0 Å². The van der Waals surface area contributed by atoms with Gasteiger partial charge in [0.2, 0.25) is 5.89 Å². The summed E-state index contributed by atoms with van der Waals surface area (Å²) in [6.07, 6.45) is 0.468. The molecule has 1 aliphatic heterocycles. The van der Waals surface area contributed by atoms with E-state index < -0.39 is 6.10 Å². The van der Waals surface area contributed by atoms with Crippen LogP contribution in [-0.4, -0.2) is 45.8 Å². The highest BCUT2D eigenvalue weighted by Crippen LogP contribution is 2.32. The standard InChI is InChI=1S/C17H21N3O4/c1-3-15-18-16(24-19-15)14-8-13(21)9-20(14)17(22)12-6-4-11(5-7-12)10-23-2/h4-7,13-14,21H,3,8-10H2,1-2H3/t13-,14+/m0/s1. The molecule has 0 unspecified atom stereocenters. The van der Waals surface area contributed by atoms with Gasteiger partial charge in [0.1, 0.15) is 6.04 Å². The number of amides is 1. The number of β-amino-alcohol motifs (C(OH)–C–C–N with tert-alkyl or cyclic N) is 1. The normalized spacial score (nSPS) is 20.5. The molecule has 3 rings (SSSR count). The first kappa shape index (κ1) is 16.6. The summed E-state index contributed by atoms with van der Waals surface area (Å²) >= 11 is 0. The average Bonchev–Trinajstić information content (AvgIpc) is 3.21. The maximum atomic E-state index is 12.8. The molecule has 2 aromatic rings. The van der Waals surface area contributed by atoms with E-state index in [1.807, 2.05) is 19.1 Å². The number of carbonyl (C=O) groups excluding carboxylic acids is 1. The Balaban J connectivity index is 1.81. The van der Waals surface area contributed by atoms with Gasteiger partial charge in [-0.3, -0.25) is 4.79 Å². The average molecular weight is 331 g/mol. The lowest BCUT2D eigenvalue weighted by atomic mass is 10.1. The third kappa shape index (κ3) is 3.32. The second-order valence-electron chi connectivity index (χ2n) is 5.90. The van der Waals surface area contributed by atoms with E-state index >= 15 is 0 Å². The van der Waals surface area contributed by atoms with Crippen LogP contribution in [0.25, 0.3) is 0 Å². The van der Waals surface area contributed by atoms with E-state index in [0.29, 0.717) is 36.7 Å². The molecule has 1 aliphatic rings. The molecule has 1 aromatic carbocycles. The van der Waals surface area contributed by atoms with Crippen LogP contribution in [0, 0.1) is 0 Å². The van der Waals surface area contributed by atoms with E-state index in [-0.39, 0.29) is 18.5 Å². The van der Waals surface area contributed by atoms with Gasteiger partial charge >= 0.3 is 0 Å². The molecule has 7 heteroatoms. The van der Waals surface area contributed by atoms with Crippen molar-refractivity contribution in [2.24, 2.45) is 0 Å². The molecule has 1 fully saturated rings. The van der Waals surface area contributed by atoms with Gasteiger partial charge < -0.3 is 19.3 Å². The van der Waals surface area contributed by atoms with Gasteiger partial charge in [-0.05, 0) is 17.7 Å². The van der Waals surface area contributed by atoms with Crippen molar-refractivity contribution in [3.63, 3.8) is 0 Å². The number of hydrogen-bond acceptors (Lipinski definition) is 6. The minimum absolute atomic E-state index is 0.156. The number of benzene rings is 1. The van der Waals surface area contributed by atoms with E-state index in [9.17, 15) is 9.90 Å². The minimum Gasteiger partial charge on any atom is -0.391 e. The lowest BCUT2D eigenvalue weighted by Gasteiger charge is -2.21. The summed E-state index contributed by atoms with van der Waals surface area (Å²) in [4.78, 5) is 18.7. The predicted octanol–water partition coefficient (Wildman–Crippen LogP) is 1.73. The van der Waals surface area contributed by atoms with Gasteiger partial charge in [0.05, 0.1) is 12.7 Å². The largest absolute Gasteiger partial charge is 0.391 e. The third-order valence-electron chi connectivity index (χ3n) is 4.14. The zero-order chi connectivity index (χ0) is 17.1. The van der Waals surface area contributed by atoms with E-state index in [1.165, 1.54) is 0 Å².